The van der Waals surface area contributed by atoms with Crippen molar-refractivity contribution in [2.75, 3.05) is 13.2 Å². The number of benzene rings is 1. The number of ether oxygens (including phenoxy) is 1. The number of aryl methyl sites for hydroxylation is 2. The molecule has 0 bridgehead atoms. The molecule has 0 aliphatic rings. The third-order valence-corrected chi connectivity index (χ3v) is 2.79. The van der Waals surface area contributed by atoms with Gasteiger partial charge in [-0.25, -0.2) is 0 Å². The fourth-order valence-corrected chi connectivity index (χ4v) is 1.63. The standard InChI is InChI=1S/C14H18F3NO3/c1-9-3-4-11(10(2)7-9)21-6-5-13(20)18-8-12(19)14(15,16)17/h3-4,7,12,19H,5-6,8H2,1-2H3,(H,18,20). The molecule has 0 saturated heterocycles. The van der Waals surface area contributed by atoms with Gasteiger partial charge in [0.05, 0.1) is 19.6 Å². The summed E-state index contributed by atoms with van der Waals surface area (Å²) in [5.41, 5.74) is 2.00. The van der Waals surface area contributed by atoms with Crippen molar-refractivity contribution in [1.29, 1.82) is 0 Å². The highest BCUT2D eigenvalue weighted by molar-refractivity contribution is 5.76. The molecule has 0 heterocycles. The molecule has 0 aliphatic carbocycles. The molecule has 1 aromatic carbocycles. The zero-order chi connectivity index (χ0) is 16.0. The van der Waals surface area contributed by atoms with Crippen molar-refractivity contribution in [3.8, 4) is 5.75 Å². The molecule has 1 rings (SSSR count). The van der Waals surface area contributed by atoms with Crippen LogP contribution in [0.15, 0.2) is 18.2 Å². The number of halogens is 3. The summed E-state index contributed by atoms with van der Waals surface area (Å²) in [4.78, 5) is 11.3. The Kier molecular flexibility index (Phi) is 6.02. The Bertz CT molecular complexity index is 489. The second kappa shape index (κ2) is 7.31. The van der Waals surface area contributed by atoms with E-state index in [0.717, 1.165) is 11.1 Å². The first-order chi connectivity index (χ1) is 9.70. The molecule has 1 atom stereocenters. The van der Waals surface area contributed by atoms with E-state index in [1.165, 1.54) is 0 Å². The highest BCUT2D eigenvalue weighted by Crippen LogP contribution is 2.20. The quantitative estimate of drug-likeness (QED) is 0.846. The predicted octanol–water partition coefficient (Wildman–Crippen LogP) is 2.11. The second-order valence-electron chi connectivity index (χ2n) is 4.73. The first-order valence-corrected chi connectivity index (χ1v) is 6.41. The second-order valence-corrected chi connectivity index (χ2v) is 4.73. The van der Waals surface area contributed by atoms with E-state index in [0.29, 0.717) is 5.75 Å². The zero-order valence-electron chi connectivity index (χ0n) is 11.8. The van der Waals surface area contributed by atoms with E-state index in [2.05, 4.69) is 0 Å². The number of amides is 1. The van der Waals surface area contributed by atoms with Crippen LogP contribution in [0.1, 0.15) is 17.5 Å². The van der Waals surface area contributed by atoms with Crippen LogP contribution >= 0.6 is 0 Å². The third-order valence-electron chi connectivity index (χ3n) is 2.79. The van der Waals surface area contributed by atoms with Gasteiger partial charge in [0.15, 0.2) is 6.10 Å². The molecule has 0 aliphatic heterocycles. The van der Waals surface area contributed by atoms with Gasteiger partial charge >= 0.3 is 6.18 Å². The summed E-state index contributed by atoms with van der Waals surface area (Å²) >= 11 is 0. The topological polar surface area (TPSA) is 58.6 Å². The van der Waals surface area contributed by atoms with Gasteiger partial charge in [0.25, 0.3) is 0 Å². The van der Waals surface area contributed by atoms with E-state index in [-0.39, 0.29) is 13.0 Å². The Labute approximate surface area is 120 Å². The average Bonchev–Trinajstić information content (AvgIpc) is 2.37. The van der Waals surface area contributed by atoms with Crippen LogP contribution in [-0.4, -0.2) is 36.4 Å². The van der Waals surface area contributed by atoms with Crippen molar-refractivity contribution in [3.05, 3.63) is 29.3 Å². The fraction of sp³-hybridized carbons (Fsp3) is 0.500. The van der Waals surface area contributed by atoms with E-state index < -0.39 is 24.7 Å². The summed E-state index contributed by atoms with van der Waals surface area (Å²) in [6.07, 6.45) is -7.37. The van der Waals surface area contributed by atoms with Crippen molar-refractivity contribution < 1.29 is 27.8 Å². The maximum absolute atomic E-state index is 12.0. The number of hydrogen-bond acceptors (Lipinski definition) is 3. The van der Waals surface area contributed by atoms with Crippen molar-refractivity contribution in [1.82, 2.24) is 5.32 Å². The maximum Gasteiger partial charge on any atom is 0.416 e. The molecule has 0 fully saturated rings. The van der Waals surface area contributed by atoms with Crippen LogP contribution in [-0.2, 0) is 4.79 Å². The van der Waals surface area contributed by atoms with Crippen molar-refractivity contribution >= 4 is 5.91 Å². The Hall–Kier alpha value is -1.76. The van der Waals surface area contributed by atoms with Crippen molar-refractivity contribution in [2.45, 2.75) is 32.5 Å². The van der Waals surface area contributed by atoms with Gasteiger partial charge in [-0.15, -0.1) is 0 Å². The SMILES string of the molecule is Cc1ccc(OCCC(=O)NCC(O)C(F)(F)F)c(C)c1. The summed E-state index contributed by atoms with van der Waals surface area (Å²) in [5.74, 6) is 0.0202. The highest BCUT2D eigenvalue weighted by Gasteiger charge is 2.38. The van der Waals surface area contributed by atoms with Gasteiger partial charge in [0.2, 0.25) is 5.91 Å². The monoisotopic (exact) mass is 305 g/mol. The average molecular weight is 305 g/mol. The van der Waals surface area contributed by atoms with Crippen LogP contribution in [0.2, 0.25) is 0 Å². The van der Waals surface area contributed by atoms with E-state index in [1.54, 1.807) is 6.07 Å². The minimum absolute atomic E-state index is 0.0534. The molecule has 2 N–H and O–H groups in total. The van der Waals surface area contributed by atoms with Gasteiger partial charge in [-0.2, -0.15) is 13.2 Å². The molecule has 0 radical (unpaired) electrons. The molecule has 1 aromatic rings. The molecular weight excluding hydrogens is 287 g/mol. The summed E-state index contributed by atoms with van der Waals surface area (Å²) < 4.78 is 41.5. The van der Waals surface area contributed by atoms with E-state index in [9.17, 15) is 18.0 Å². The van der Waals surface area contributed by atoms with Gasteiger partial charge in [-0.05, 0) is 25.5 Å². The molecule has 1 amide bonds. The van der Waals surface area contributed by atoms with Crippen LogP contribution < -0.4 is 10.1 Å². The van der Waals surface area contributed by atoms with Crippen molar-refractivity contribution in [2.24, 2.45) is 0 Å². The minimum atomic E-state index is -4.73. The van der Waals surface area contributed by atoms with Gasteiger partial charge in [-0.1, -0.05) is 17.7 Å². The normalized spacial score (nSPS) is 12.9. The van der Waals surface area contributed by atoms with Gasteiger partial charge in [0, 0.05) is 0 Å². The smallest absolute Gasteiger partial charge is 0.416 e. The first-order valence-electron chi connectivity index (χ1n) is 6.41. The van der Waals surface area contributed by atoms with Gasteiger partial charge in [-0.3, -0.25) is 4.79 Å². The number of aliphatic hydroxyl groups excluding tert-OH is 1. The number of rotatable bonds is 6. The van der Waals surface area contributed by atoms with Crippen LogP contribution in [0.25, 0.3) is 0 Å². The van der Waals surface area contributed by atoms with E-state index in [4.69, 9.17) is 9.84 Å². The number of carbonyl (C=O) groups is 1. The lowest BCUT2D eigenvalue weighted by Gasteiger charge is -2.15. The van der Waals surface area contributed by atoms with Crippen LogP contribution in [0.4, 0.5) is 13.2 Å². The molecule has 7 heteroatoms. The fourth-order valence-electron chi connectivity index (χ4n) is 1.63. The van der Waals surface area contributed by atoms with Crippen LogP contribution in [0.3, 0.4) is 0 Å². The lowest BCUT2D eigenvalue weighted by atomic mass is 10.1. The Morgan fingerprint density at radius 1 is 1.38 bits per heavy atom. The Balaban J connectivity index is 2.31. The molecule has 0 saturated carbocycles. The van der Waals surface area contributed by atoms with Crippen molar-refractivity contribution in [3.63, 3.8) is 0 Å². The third kappa shape index (κ3) is 6.03. The molecule has 4 nitrogen and oxygen atoms in total. The zero-order valence-corrected chi connectivity index (χ0v) is 11.8. The predicted molar refractivity (Wildman–Crippen MR) is 71.1 cm³/mol. The van der Waals surface area contributed by atoms with E-state index in [1.807, 2.05) is 31.3 Å². The summed E-state index contributed by atoms with van der Waals surface area (Å²) in [7, 11) is 0. The summed E-state index contributed by atoms with van der Waals surface area (Å²) in [5, 5.41) is 10.7. The highest BCUT2D eigenvalue weighted by atomic mass is 19.4. The number of alkyl halides is 3. The lowest BCUT2D eigenvalue weighted by Crippen LogP contribution is -2.40. The Morgan fingerprint density at radius 2 is 2.05 bits per heavy atom. The lowest BCUT2D eigenvalue weighted by molar-refractivity contribution is -0.201. The molecule has 0 aromatic heterocycles. The largest absolute Gasteiger partial charge is 0.493 e. The molecule has 118 valence electrons. The number of hydrogen-bond donors (Lipinski definition) is 2. The Morgan fingerprint density at radius 3 is 2.62 bits per heavy atom. The first kappa shape index (κ1) is 17.3. The molecule has 21 heavy (non-hydrogen) atoms. The van der Waals surface area contributed by atoms with Gasteiger partial charge < -0.3 is 15.2 Å². The maximum atomic E-state index is 12.0. The molecule has 1 unspecified atom stereocenters. The molecule has 0 spiro atoms. The summed E-state index contributed by atoms with van der Waals surface area (Å²) in [6.45, 7) is 3.00. The van der Waals surface area contributed by atoms with Gasteiger partial charge in [0.1, 0.15) is 5.75 Å². The number of carbonyl (C=O) groups excluding carboxylic acids is 1. The van der Waals surface area contributed by atoms with Crippen LogP contribution in [0, 0.1) is 13.8 Å². The van der Waals surface area contributed by atoms with E-state index >= 15 is 0 Å². The number of nitrogens with one attached hydrogen (secondary N) is 1. The molecular formula is C14H18F3NO3. The minimum Gasteiger partial charge on any atom is -0.493 e. The van der Waals surface area contributed by atoms with Crippen LogP contribution in [0.5, 0.6) is 5.75 Å². The summed E-state index contributed by atoms with van der Waals surface area (Å²) in [6, 6.07) is 5.56. The number of aliphatic hydroxyl groups is 1.